The summed E-state index contributed by atoms with van der Waals surface area (Å²) in [6.07, 6.45) is 2.96. The summed E-state index contributed by atoms with van der Waals surface area (Å²) in [5, 5.41) is 10.8. The Hall–Kier alpha value is -1.39. The van der Waals surface area contributed by atoms with E-state index in [1.807, 2.05) is 0 Å². The van der Waals surface area contributed by atoms with Crippen LogP contribution in [0.25, 0.3) is 0 Å². The Balaban J connectivity index is 1.93. The molecule has 0 aromatic rings. The SMILES string of the molecule is C[C@@H](C(=O)[O-])N1C(=O)[C@@H]2[C@H]3CC[C@H](C3)[C@@H]2C1=O. The predicted octanol–water partition coefficient (Wildman–Crippen LogP) is -0.844. The van der Waals surface area contributed by atoms with Crippen molar-refractivity contribution in [3.05, 3.63) is 0 Å². The zero-order valence-electron chi connectivity index (χ0n) is 9.59. The van der Waals surface area contributed by atoms with Crippen molar-refractivity contribution < 1.29 is 19.5 Å². The van der Waals surface area contributed by atoms with Gasteiger partial charge in [0, 0.05) is 0 Å². The Morgan fingerprint density at radius 1 is 1.24 bits per heavy atom. The van der Waals surface area contributed by atoms with Gasteiger partial charge in [0.05, 0.1) is 23.8 Å². The van der Waals surface area contributed by atoms with Crippen molar-refractivity contribution in [1.29, 1.82) is 0 Å². The van der Waals surface area contributed by atoms with E-state index in [0.29, 0.717) is 11.8 Å². The van der Waals surface area contributed by atoms with Gasteiger partial charge in [0.15, 0.2) is 0 Å². The van der Waals surface area contributed by atoms with Gasteiger partial charge >= 0.3 is 0 Å². The number of carboxylic acid groups (broad SMARTS) is 1. The molecule has 1 heterocycles. The number of imide groups is 1. The largest absolute Gasteiger partial charge is 0.548 e. The summed E-state index contributed by atoms with van der Waals surface area (Å²) >= 11 is 0. The molecule has 5 atom stereocenters. The summed E-state index contributed by atoms with van der Waals surface area (Å²) in [7, 11) is 0. The highest BCUT2D eigenvalue weighted by Gasteiger charge is 2.61. The Morgan fingerprint density at radius 2 is 1.71 bits per heavy atom. The minimum atomic E-state index is -1.36. The van der Waals surface area contributed by atoms with Gasteiger partial charge in [-0.25, -0.2) is 0 Å². The molecule has 5 nitrogen and oxygen atoms in total. The van der Waals surface area contributed by atoms with Gasteiger partial charge in [-0.05, 0) is 38.0 Å². The molecule has 1 aliphatic heterocycles. The van der Waals surface area contributed by atoms with Crippen LogP contribution in [0.3, 0.4) is 0 Å². The lowest BCUT2D eigenvalue weighted by molar-refractivity contribution is -0.310. The van der Waals surface area contributed by atoms with Crippen molar-refractivity contribution in [2.45, 2.75) is 32.2 Å². The molecule has 3 fully saturated rings. The first-order valence-corrected chi connectivity index (χ1v) is 6.10. The molecule has 0 aromatic heterocycles. The number of carbonyl (C=O) groups is 3. The van der Waals surface area contributed by atoms with Crippen molar-refractivity contribution in [2.24, 2.45) is 23.7 Å². The number of likely N-dealkylation sites (tertiary alicyclic amines) is 1. The average Bonchev–Trinajstić information content (AvgIpc) is 2.92. The molecule has 0 unspecified atom stereocenters. The van der Waals surface area contributed by atoms with Gasteiger partial charge in [-0.2, -0.15) is 0 Å². The minimum Gasteiger partial charge on any atom is -0.548 e. The van der Waals surface area contributed by atoms with Crippen LogP contribution in [-0.2, 0) is 14.4 Å². The molecule has 0 aromatic carbocycles. The average molecular weight is 236 g/mol. The molecule has 2 bridgehead atoms. The Morgan fingerprint density at radius 3 is 2.12 bits per heavy atom. The van der Waals surface area contributed by atoms with Gasteiger partial charge in [-0.15, -0.1) is 0 Å². The molecule has 3 rings (SSSR count). The highest BCUT2D eigenvalue weighted by molar-refractivity contribution is 6.08. The lowest BCUT2D eigenvalue weighted by Gasteiger charge is -2.24. The summed E-state index contributed by atoms with van der Waals surface area (Å²) in [6.45, 7) is 1.34. The first-order valence-electron chi connectivity index (χ1n) is 6.10. The molecule has 2 saturated carbocycles. The van der Waals surface area contributed by atoms with E-state index in [4.69, 9.17) is 0 Å². The fourth-order valence-corrected chi connectivity index (χ4v) is 3.92. The molecule has 17 heavy (non-hydrogen) atoms. The lowest BCUT2D eigenvalue weighted by Crippen LogP contribution is -2.49. The molecule has 2 amide bonds. The van der Waals surface area contributed by atoms with Crippen molar-refractivity contribution >= 4 is 17.8 Å². The first-order chi connectivity index (χ1) is 8.02. The van der Waals surface area contributed by atoms with Crippen LogP contribution in [0.4, 0.5) is 0 Å². The Kier molecular flexibility index (Phi) is 2.09. The van der Waals surface area contributed by atoms with Crippen molar-refractivity contribution in [3.8, 4) is 0 Å². The van der Waals surface area contributed by atoms with Crippen molar-refractivity contribution in [1.82, 2.24) is 4.90 Å². The number of nitrogens with zero attached hydrogens (tertiary/aromatic N) is 1. The van der Waals surface area contributed by atoms with Gasteiger partial charge in [0.25, 0.3) is 0 Å². The highest BCUT2D eigenvalue weighted by atomic mass is 16.4. The third-order valence-electron chi connectivity index (χ3n) is 4.69. The molecule has 92 valence electrons. The number of rotatable bonds is 2. The number of carbonyl (C=O) groups excluding carboxylic acids is 3. The lowest BCUT2D eigenvalue weighted by atomic mass is 9.81. The van der Waals surface area contributed by atoms with Gasteiger partial charge in [-0.1, -0.05) is 0 Å². The van der Waals surface area contributed by atoms with Crippen LogP contribution in [0.5, 0.6) is 0 Å². The van der Waals surface area contributed by atoms with Crippen LogP contribution < -0.4 is 5.11 Å². The maximum Gasteiger partial charge on any atom is 0.233 e. The summed E-state index contributed by atoms with van der Waals surface area (Å²) < 4.78 is 0. The second-order valence-corrected chi connectivity index (χ2v) is 5.43. The predicted molar refractivity (Wildman–Crippen MR) is 54.1 cm³/mol. The van der Waals surface area contributed by atoms with Gasteiger partial charge in [0.2, 0.25) is 11.8 Å². The number of hydrogen-bond donors (Lipinski definition) is 0. The summed E-state index contributed by atoms with van der Waals surface area (Å²) in [4.78, 5) is 36.0. The minimum absolute atomic E-state index is 0.247. The van der Waals surface area contributed by atoms with E-state index in [-0.39, 0.29) is 23.7 Å². The van der Waals surface area contributed by atoms with Crippen molar-refractivity contribution in [3.63, 3.8) is 0 Å². The fraction of sp³-hybridized carbons (Fsp3) is 0.750. The number of hydrogen-bond acceptors (Lipinski definition) is 4. The first kappa shape index (κ1) is 10.7. The van der Waals surface area contributed by atoms with E-state index in [2.05, 4.69) is 0 Å². The molecule has 0 N–H and O–H groups in total. The zero-order chi connectivity index (χ0) is 12.3. The topological polar surface area (TPSA) is 77.5 Å². The highest BCUT2D eigenvalue weighted by Crippen LogP contribution is 2.56. The molecule has 2 aliphatic carbocycles. The van der Waals surface area contributed by atoms with E-state index in [9.17, 15) is 19.5 Å². The van der Waals surface area contributed by atoms with Crippen LogP contribution >= 0.6 is 0 Å². The van der Waals surface area contributed by atoms with E-state index < -0.39 is 12.0 Å². The summed E-state index contributed by atoms with van der Waals surface area (Å²) in [5.41, 5.74) is 0. The Bertz CT molecular complexity index is 391. The normalized spacial score (nSPS) is 40.9. The number of aliphatic carboxylic acids is 1. The Labute approximate surface area is 98.8 Å². The van der Waals surface area contributed by atoms with Crippen LogP contribution in [-0.4, -0.2) is 28.7 Å². The fourth-order valence-electron chi connectivity index (χ4n) is 3.92. The van der Waals surface area contributed by atoms with Gasteiger partial charge in [0.1, 0.15) is 0 Å². The number of fused-ring (bicyclic) bond motifs is 5. The molecule has 3 aliphatic rings. The van der Waals surface area contributed by atoms with E-state index >= 15 is 0 Å². The monoisotopic (exact) mass is 236 g/mol. The van der Waals surface area contributed by atoms with Crippen LogP contribution in [0.15, 0.2) is 0 Å². The second-order valence-electron chi connectivity index (χ2n) is 5.43. The maximum atomic E-state index is 12.1. The standard InChI is InChI=1S/C12H15NO4/c1-5(12(16)17)13-10(14)8-6-2-3-7(4-6)9(8)11(13)15/h5-9H,2-4H2,1H3,(H,16,17)/p-1/t5-,6-,7+,8+,9-/m0/s1. The molecule has 5 heteroatoms. The summed E-state index contributed by atoms with van der Waals surface area (Å²) in [5.74, 6) is -1.85. The molecular weight excluding hydrogens is 222 g/mol. The zero-order valence-corrected chi connectivity index (χ0v) is 9.59. The van der Waals surface area contributed by atoms with Gasteiger partial charge < -0.3 is 9.90 Å². The van der Waals surface area contributed by atoms with E-state index in [1.165, 1.54) is 6.92 Å². The smallest absolute Gasteiger partial charge is 0.233 e. The van der Waals surface area contributed by atoms with Crippen LogP contribution in [0, 0.1) is 23.7 Å². The number of carboxylic acids is 1. The molecule has 0 radical (unpaired) electrons. The second kappa shape index (κ2) is 3.31. The van der Waals surface area contributed by atoms with Gasteiger partial charge in [-0.3, -0.25) is 14.5 Å². The third-order valence-corrected chi connectivity index (χ3v) is 4.69. The molecular formula is C12H14NO4-. The molecule has 1 saturated heterocycles. The van der Waals surface area contributed by atoms with Crippen LogP contribution in [0.1, 0.15) is 26.2 Å². The molecule has 0 spiro atoms. The van der Waals surface area contributed by atoms with Crippen LogP contribution in [0.2, 0.25) is 0 Å². The van der Waals surface area contributed by atoms with Crippen molar-refractivity contribution in [2.75, 3.05) is 0 Å². The third kappa shape index (κ3) is 1.22. The van der Waals surface area contributed by atoms with E-state index in [0.717, 1.165) is 24.2 Å². The maximum absolute atomic E-state index is 12.1. The number of amides is 2. The van der Waals surface area contributed by atoms with E-state index in [1.54, 1.807) is 0 Å². The quantitative estimate of drug-likeness (QED) is 0.585. The summed E-state index contributed by atoms with van der Waals surface area (Å²) in [6, 6.07) is -1.14.